The zero-order valence-electron chi connectivity index (χ0n) is 16.6. The SMILES string of the molecule is O=C(Nc1ccc(OC(F)(F)F)cc1)c1cc2nc(-c3ccc(Br)cc3)cc(C(F)(F)F)n2n1. The van der Waals surface area contributed by atoms with E-state index in [0.29, 0.717) is 10.1 Å². The Morgan fingerprint density at radius 2 is 1.59 bits per heavy atom. The molecule has 13 heteroatoms. The van der Waals surface area contributed by atoms with Gasteiger partial charge in [0.2, 0.25) is 0 Å². The number of alkyl halides is 6. The third-order valence-electron chi connectivity index (χ3n) is 4.44. The molecule has 4 rings (SSSR count). The van der Waals surface area contributed by atoms with Crippen molar-refractivity contribution < 1.29 is 35.9 Å². The second-order valence-electron chi connectivity index (χ2n) is 6.86. The molecular weight excluding hydrogens is 534 g/mol. The molecule has 0 bridgehead atoms. The van der Waals surface area contributed by atoms with Crippen LogP contribution in [0.25, 0.3) is 16.9 Å². The van der Waals surface area contributed by atoms with Crippen LogP contribution >= 0.6 is 15.9 Å². The molecule has 1 N–H and O–H groups in total. The summed E-state index contributed by atoms with van der Waals surface area (Å²) in [6, 6.07) is 12.6. The molecule has 176 valence electrons. The number of ether oxygens (including phenoxy) is 1. The number of carbonyl (C=O) groups is 1. The maximum Gasteiger partial charge on any atom is 0.573 e. The van der Waals surface area contributed by atoms with Gasteiger partial charge in [-0.05, 0) is 42.5 Å². The van der Waals surface area contributed by atoms with Crippen molar-refractivity contribution in [2.45, 2.75) is 12.5 Å². The molecule has 0 radical (unpaired) electrons. The molecule has 0 atom stereocenters. The summed E-state index contributed by atoms with van der Waals surface area (Å²) >= 11 is 3.25. The topological polar surface area (TPSA) is 68.5 Å². The number of aromatic nitrogens is 3. The number of nitrogens with zero attached hydrogens (tertiary/aromatic N) is 3. The van der Waals surface area contributed by atoms with E-state index in [4.69, 9.17) is 0 Å². The van der Waals surface area contributed by atoms with Crippen LogP contribution in [0, 0.1) is 0 Å². The van der Waals surface area contributed by atoms with Gasteiger partial charge in [0.25, 0.3) is 5.91 Å². The molecule has 2 heterocycles. The second-order valence-corrected chi connectivity index (χ2v) is 7.77. The van der Waals surface area contributed by atoms with Gasteiger partial charge in [0, 0.05) is 21.8 Å². The van der Waals surface area contributed by atoms with Crippen molar-refractivity contribution >= 4 is 33.2 Å². The number of carbonyl (C=O) groups excluding carboxylic acids is 1. The number of hydrogen-bond donors (Lipinski definition) is 1. The van der Waals surface area contributed by atoms with Gasteiger partial charge < -0.3 is 10.1 Å². The Morgan fingerprint density at radius 1 is 0.941 bits per heavy atom. The summed E-state index contributed by atoms with van der Waals surface area (Å²) in [5.41, 5.74) is -1.20. The third-order valence-corrected chi connectivity index (χ3v) is 4.96. The van der Waals surface area contributed by atoms with Crippen molar-refractivity contribution in [3.8, 4) is 17.0 Å². The maximum atomic E-state index is 13.7. The van der Waals surface area contributed by atoms with E-state index in [2.05, 4.69) is 36.1 Å². The summed E-state index contributed by atoms with van der Waals surface area (Å²) in [4.78, 5) is 16.7. The number of anilines is 1. The zero-order chi connectivity index (χ0) is 24.7. The smallest absolute Gasteiger partial charge is 0.406 e. The maximum absolute atomic E-state index is 13.7. The molecule has 0 aliphatic heterocycles. The minimum Gasteiger partial charge on any atom is -0.406 e. The van der Waals surface area contributed by atoms with Gasteiger partial charge in [-0.1, -0.05) is 28.1 Å². The predicted molar refractivity (Wildman–Crippen MR) is 112 cm³/mol. The summed E-state index contributed by atoms with van der Waals surface area (Å²) in [7, 11) is 0. The fraction of sp³-hybridized carbons (Fsp3) is 0.0952. The quantitative estimate of drug-likeness (QED) is 0.305. The summed E-state index contributed by atoms with van der Waals surface area (Å²) in [5, 5.41) is 6.09. The molecule has 0 saturated carbocycles. The van der Waals surface area contributed by atoms with Crippen molar-refractivity contribution in [2.75, 3.05) is 5.32 Å². The van der Waals surface area contributed by atoms with Gasteiger partial charge in [0.15, 0.2) is 17.0 Å². The van der Waals surface area contributed by atoms with Crippen LogP contribution in [-0.2, 0) is 6.18 Å². The van der Waals surface area contributed by atoms with Crippen molar-refractivity contribution in [2.24, 2.45) is 0 Å². The van der Waals surface area contributed by atoms with E-state index in [0.717, 1.165) is 40.9 Å². The molecule has 0 aliphatic carbocycles. The first kappa shape index (κ1) is 23.5. The van der Waals surface area contributed by atoms with Gasteiger partial charge in [-0.3, -0.25) is 4.79 Å². The molecule has 0 unspecified atom stereocenters. The zero-order valence-corrected chi connectivity index (χ0v) is 18.2. The monoisotopic (exact) mass is 544 g/mol. The van der Waals surface area contributed by atoms with Crippen LogP contribution in [0.4, 0.5) is 32.0 Å². The van der Waals surface area contributed by atoms with Gasteiger partial charge >= 0.3 is 12.5 Å². The molecule has 34 heavy (non-hydrogen) atoms. The molecule has 0 spiro atoms. The van der Waals surface area contributed by atoms with E-state index >= 15 is 0 Å². The van der Waals surface area contributed by atoms with Crippen LogP contribution in [0.3, 0.4) is 0 Å². The standard InChI is InChI=1S/C21H11BrF6N4O2/c22-12-3-1-11(2-4-12)15-9-17(20(23,24)25)32-18(30-15)10-16(31-32)19(33)29-13-5-7-14(8-6-13)34-21(26,27)28/h1-10H,(H,29,33). The number of benzene rings is 2. The first-order valence-corrected chi connectivity index (χ1v) is 10.1. The molecule has 1 amide bonds. The Bertz CT molecular complexity index is 1350. The number of halogens is 7. The van der Waals surface area contributed by atoms with Gasteiger partial charge in [-0.2, -0.15) is 18.3 Å². The van der Waals surface area contributed by atoms with Crippen LogP contribution in [0.2, 0.25) is 0 Å². The molecule has 0 fully saturated rings. The van der Waals surface area contributed by atoms with Gasteiger partial charge in [-0.15, -0.1) is 13.2 Å². The third kappa shape index (κ3) is 5.30. The molecular formula is C21H11BrF6N4O2. The first-order chi connectivity index (χ1) is 15.9. The number of amides is 1. The van der Waals surface area contributed by atoms with Crippen molar-refractivity contribution in [3.05, 3.63) is 76.5 Å². The fourth-order valence-corrected chi connectivity index (χ4v) is 3.26. The normalized spacial score (nSPS) is 12.1. The lowest BCUT2D eigenvalue weighted by Gasteiger charge is -2.11. The Morgan fingerprint density at radius 3 is 2.18 bits per heavy atom. The van der Waals surface area contributed by atoms with Gasteiger partial charge in [0.05, 0.1) is 5.69 Å². The van der Waals surface area contributed by atoms with Crippen molar-refractivity contribution in [3.63, 3.8) is 0 Å². The Hall–Kier alpha value is -3.61. The van der Waals surface area contributed by atoms with E-state index < -0.39 is 29.9 Å². The average Bonchev–Trinajstić information content (AvgIpc) is 3.17. The highest BCUT2D eigenvalue weighted by Crippen LogP contribution is 2.33. The molecule has 2 aromatic heterocycles. The number of nitrogens with one attached hydrogen (secondary N) is 1. The summed E-state index contributed by atoms with van der Waals surface area (Å²) < 4.78 is 82.9. The Labute approximate surface area is 195 Å². The number of rotatable bonds is 4. The minimum absolute atomic E-state index is 0.0273. The van der Waals surface area contributed by atoms with E-state index in [-0.39, 0.29) is 22.7 Å². The predicted octanol–water partition coefficient (Wildman–Crippen LogP) is 6.33. The van der Waals surface area contributed by atoms with E-state index in [1.165, 1.54) is 0 Å². The van der Waals surface area contributed by atoms with Gasteiger partial charge in [0.1, 0.15) is 5.75 Å². The molecule has 4 aromatic rings. The van der Waals surface area contributed by atoms with Crippen LogP contribution in [0.15, 0.2) is 65.1 Å². The highest BCUT2D eigenvalue weighted by Gasteiger charge is 2.36. The minimum atomic E-state index is -4.88. The average molecular weight is 545 g/mol. The lowest BCUT2D eigenvalue weighted by Crippen LogP contribution is -2.17. The van der Waals surface area contributed by atoms with Crippen LogP contribution in [0.1, 0.15) is 16.2 Å². The highest BCUT2D eigenvalue weighted by atomic mass is 79.9. The fourth-order valence-electron chi connectivity index (χ4n) is 2.99. The summed E-state index contributed by atoms with van der Waals surface area (Å²) in [5.74, 6) is -1.38. The number of fused-ring (bicyclic) bond motifs is 1. The second kappa shape index (κ2) is 8.63. The number of hydrogen-bond acceptors (Lipinski definition) is 4. The van der Waals surface area contributed by atoms with Gasteiger partial charge in [-0.25, -0.2) is 9.50 Å². The van der Waals surface area contributed by atoms with Crippen molar-refractivity contribution in [1.82, 2.24) is 14.6 Å². The van der Waals surface area contributed by atoms with E-state index in [9.17, 15) is 31.1 Å². The van der Waals surface area contributed by atoms with E-state index in [1.54, 1.807) is 24.3 Å². The lowest BCUT2D eigenvalue weighted by atomic mass is 10.1. The first-order valence-electron chi connectivity index (χ1n) is 9.30. The Kier molecular flexibility index (Phi) is 5.98. The molecule has 2 aromatic carbocycles. The van der Waals surface area contributed by atoms with Crippen LogP contribution < -0.4 is 10.1 Å². The Balaban J connectivity index is 1.65. The molecule has 0 saturated heterocycles. The molecule has 6 nitrogen and oxygen atoms in total. The van der Waals surface area contributed by atoms with Crippen LogP contribution in [0.5, 0.6) is 5.75 Å². The van der Waals surface area contributed by atoms with Crippen molar-refractivity contribution in [1.29, 1.82) is 0 Å². The molecule has 0 aliphatic rings. The van der Waals surface area contributed by atoms with Crippen LogP contribution in [-0.4, -0.2) is 26.9 Å². The highest BCUT2D eigenvalue weighted by molar-refractivity contribution is 9.10. The lowest BCUT2D eigenvalue weighted by molar-refractivity contribution is -0.274. The summed E-state index contributed by atoms with van der Waals surface area (Å²) in [6.07, 6.45) is -9.67. The summed E-state index contributed by atoms with van der Waals surface area (Å²) in [6.45, 7) is 0. The largest absolute Gasteiger partial charge is 0.573 e. The van der Waals surface area contributed by atoms with E-state index in [1.807, 2.05) is 0 Å².